The molecule has 0 amide bonds. The fraction of sp³-hybridized carbons (Fsp3) is 0.692. The molecule has 0 radical (unpaired) electrons. The highest BCUT2D eigenvalue weighted by atomic mass is 16.5. The van der Waals surface area contributed by atoms with Crippen molar-refractivity contribution in [2.24, 2.45) is 0 Å². The quantitative estimate of drug-likeness (QED) is 0.865. The first-order valence-electron chi connectivity index (χ1n) is 6.41. The van der Waals surface area contributed by atoms with Gasteiger partial charge in [0.1, 0.15) is 17.5 Å². The summed E-state index contributed by atoms with van der Waals surface area (Å²) in [5.74, 6) is 2.73. The van der Waals surface area contributed by atoms with Crippen molar-refractivity contribution in [3.8, 4) is 0 Å². The van der Waals surface area contributed by atoms with Crippen molar-refractivity contribution in [2.45, 2.75) is 26.2 Å². The lowest BCUT2D eigenvalue weighted by Gasteiger charge is -2.29. The zero-order valence-corrected chi connectivity index (χ0v) is 11.7. The van der Waals surface area contributed by atoms with E-state index in [-0.39, 0.29) is 5.41 Å². The summed E-state index contributed by atoms with van der Waals surface area (Å²) >= 11 is 0. The monoisotopic (exact) mass is 250 g/mol. The van der Waals surface area contributed by atoms with E-state index in [4.69, 9.17) is 9.72 Å². The summed E-state index contributed by atoms with van der Waals surface area (Å²) in [7, 11) is 1.89. The predicted octanol–water partition coefficient (Wildman–Crippen LogP) is 1.65. The number of nitrogens with zero attached hydrogens (tertiary/aromatic N) is 3. The van der Waals surface area contributed by atoms with Gasteiger partial charge in [-0.1, -0.05) is 20.8 Å². The molecule has 5 nitrogen and oxygen atoms in total. The van der Waals surface area contributed by atoms with Crippen molar-refractivity contribution in [3.63, 3.8) is 0 Å². The Morgan fingerprint density at radius 1 is 1.22 bits per heavy atom. The van der Waals surface area contributed by atoms with Gasteiger partial charge in [0, 0.05) is 31.6 Å². The zero-order valence-electron chi connectivity index (χ0n) is 11.7. The first kappa shape index (κ1) is 13.1. The van der Waals surface area contributed by atoms with E-state index in [0.29, 0.717) is 0 Å². The maximum Gasteiger partial charge on any atom is 0.138 e. The molecule has 1 N–H and O–H groups in total. The van der Waals surface area contributed by atoms with Crippen molar-refractivity contribution < 1.29 is 4.74 Å². The lowest BCUT2D eigenvalue weighted by molar-refractivity contribution is 0.122. The van der Waals surface area contributed by atoms with Crippen LogP contribution in [0.1, 0.15) is 26.6 Å². The highest BCUT2D eigenvalue weighted by Gasteiger charge is 2.21. The lowest BCUT2D eigenvalue weighted by atomic mass is 9.96. The summed E-state index contributed by atoms with van der Waals surface area (Å²) in [4.78, 5) is 11.5. The molecule has 1 aliphatic rings. The Morgan fingerprint density at radius 2 is 1.89 bits per heavy atom. The maximum absolute atomic E-state index is 5.37. The summed E-state index contributed by atoms with van der Waals surface area (Å²) in [6.07, 6.45) is 0. The van der Waals surface area contributed by atoms with Gasteiger partial charge in [0.05, 0.1) is 13.2 Å². The van der Waals surface area contributed by atoms with E-state index in [1.54, 1.807) is 0 Å². The van der Waals surface area contributed by atoms with Gasteiger partial charge in [0.15, 0.2) is 0 Å². The Balaban J connectivity index is 2.34. The van der Waals surface area contributed by atoms with Crippen molar-refractivity contribution in [3.05, 3.63) is 11.9 Å². The zero-order chi connectivity index (χ0) is 13.2. The van der Waals surface area contributed by atoms with E-state index in [1.165, 1.54) is 0 Å². The van der Waals surface area contributed by atoms with Gasteiger partial charge in [-0.25, -0.2) is 9.97 Å². The van der Waals surface area contributed by atoms with Crippen LogP contribution in [0, 0.1) is 0 Å². The standard InChI is InChI=1S/C13H22N4O/c1-13(2,3)12-15-10(14-4)9-11(16-12)17-5-7-18-8-6-17/h9H,5-8H2,1-4H3,(H,14,15,16). The molecule has 0 aromatic carbocycles. The number of anilines is 2. The molecule has 2 heterocycles. The molecule has 0 bridgehead atoms. The number of hydrogen-bond acceptors (Lipinski definition) is 5. The third kappa shape index (κ3) is 2.90. The topological polar surface area (TPSA) is 50.3 Å². The molecule has 0 spiro atoms. The number of rotatable bonds is 2. The summed E-state index contributed by atoms with van der Waals surface area (Å²) in [5.41, 5.74) is -0.0477. The van der Waals surface area contributed by atoms with E-state index in [1.807, 2.05) is 13.1 Å². The first-order chi connectivity index (χ1) is 8.50. The molecule has 0 unspecified atom stereocenters. The van der Waals surface area contributed by atoms with Crippen LogP contribution in [0.15, 0.2) is 6.07 Å². The average Bonchev–Trinajstić information content (AvgIpc) is 2.38. The minimum Gasteiger partial charge on any atom is -0.378 e. The smallest absolute Gasteiger partial charge is 0.138 e. The molecular weight excluding hydrogens is 228 g/mol. The van der Waals surface area contributed by atoms with Crippen LogP contribution in [-0.4, -0.2) is 43.3 Å². The Hall–Kier alpha value is -1.36. The molecule has 5 heteroatoms. The Bertz CT molecular complexity index is 408. The number of aromatic nitrogens is 2. The second-order valence-electron chi connectivity index (χ2n) is 5.53. The molecular formula is C13H22N4O. The van der Waals surface area contributed by atoms with E-state index in [0.717, 1.165) is 43.8 Å². The van der Waals surface area contributed by atoms with Crippen molar-refractivity contribution in [1.29, 1.82) is 0 Å². The average molecular weight is 250 g/mol. The summed E-state index contributed by atoms with van der Waals surface area (Å²) in [5, 5.41) is 3.11. The van der Waals surface area contributed by atoms with Crippen LogP contribution in [0.4, 0.5) is 11.6 Å². The number of ether oxygens (including phenoxy) is 1. The SMILES string of the molecule is CNc1cc(N2CCOCC2)nc(C(C)(C)C)n1. The highest BCUT2D eigenvalue weighted by Crippen LogP contribution is 2.24. The van der Waals surface area contributed by atoms with E-state index >= 15 is 0 Å². The Kier molecular flexibility index (Phi) is 3.71. The van der Waals surface area contributed by atoms with Gasteiger partial charge in [0.2, 0.25) is 0 Å². The second-order valence-corrected chi connectivity index (χ2v) is 5.53. The molecule has 1 fully saturated rings. The highest BCUT2D eigenvalue weighted by molar-refractivity contribution is 5.50. The normalized spacial score (nSPS) is 16.8. The van der Waals surface area contributed by atoms with Gasteiger partial charge in [-0.05, 0) is 0 Å². The molecule has 0 atom stereocenters. The molecule has 2 rings (SSSR count). The predicted molar refractivity (Wildman–Crippen MR) is 73.3 cm³/mol. The molecule has 0 aliphatic carbocycles. The van der Waals surface area contributed by atoms with Crippen LogP contribution in [0.5, 0.6) is 0 Å². The maximum atomic E-state index is 5.37. The third-order valence-electron chi connectivity index (χ3n) is 2.97. The summed E-state index contributed by atoms with van der Waals surface area (Å²) in [6, 6.07) is 2.00. The number of nitrogens with one attached hydrogen (secondary N) is 1. The minimum absolute atomic E-state index is 0.0477. The Labute approximate surface area is 109 Å². The van der Waals surface area contributed by atoms with Crippen molar-refractivity contribution in [2.75, 3.05) is 43.6 Å². The fourth-order valence-electron chi connectivity index (χ4n) is 1.85. The van der Waals surface area contributed by atoms with Gasteiger partial charge in [-0.15, -0.1) is 0 Å². The van der Waals surface area contributed by atoms with Gasteiger partial charge < -0.3 is 15.0 Å². The molecule has 1 aliphatic heterocycles. The van der Waals surface area contributed by atoms with Gasteiger partial charge >= 0.3 is 0 Å². The van der Waals surface area contributed by atoms with Crippen LogP contribution in [0.25, 0.3) is 0 Å². The molecule has 100 valence electrons. The summed E-state index contributed by atoms with van der Waals surface area (Å²) in [6.45, 7) is 9.71. The lowest BCUT2D eigenvalue weighted by Crippen LogP contribution is -2.37. The van der Waals surface area contributed by atoms with Gasteiger partial charge in [0.25, 0.3) is 0 Å². The molecule has 1 saturated heterocycles. The van der Waals surface area contributed by atoms with Gasteiger partial charge in [-0.3, -0.25) is 0 Å². The molecule has 1 aromatic rings. The fourth-order valence-corrected chi connectivity index (χ4v) is 1.85. The number of morpholine rings is 1. The molecule has 18 heavy (non-hydrogen) atoms. The van der Waals surface area contributed by atoms with E-state index in [9.17, 15) is 0 Å². The molecule has 0 saturated carbocycles. The van der Waals surface area contributed by atoms with Crippen LogP contribution < -0.4 is 10.2 Å². The van der Waals surface area contributed by atoms with Crippen molar-refractivity contribution in [1.82, 2.24) is 9.97 Å². The van der Waals surface area contributed by atoms with Gasteiger partial charge in [-0.2, -0.15) is 0 Å². The third-order valence-corrected chi connectivity index (χ3v) is 2.97. The number of hydrogen-bond donors (Lipinski definition) is 1. The molecule has 1 aromatic heterocycles. The van der Waals surface area contributed by atoms with Crippen molar-refractivity contribution >= 4 is 11.6 Å². The minimum atomic E-state index is -0.0477. The first-order valence-corrected chi connectivity index (χ1v) is 6.41. The van der Waals surface area contributed by atoms with Crippen LogP contribution >= 0.6 is 0 Å². The Morgan fingerprint density at radius 3 is 2.44 bits per heavy atom. The van der Waals surface area contributed by atoms with Crippen LogP contribution in [-0.2, 0) is 10.2 Å². The van der Waals surface area contributed by atoms with E-state index in [2.05, 4.69) is 36.0 Å². The summed E-state index contributed by atoms with van der Waals surface area (Å²) < 4.78 is 5.37. The largest absolute Gasteiger partial charge is 0.378 e. The van der Waals surface area contributed by atoms with E-state index < -0.39 is 0 Å². The van der Waals surface area contributed by atoms with Crippen LogP contribution in [0.2, 0.25) is 0 Å². The second kappa shape index (κ2) is 5.10. The van der Waals surface area contributed by atoms with Crippen LogP contribution in [0.3, 0.4) is 0 Å².